The smallest absolute Gasteiger partial charge is 0.277 e. The fraction of sp³-hybridized carbons (Fsp3) is 0.417. The van der Waals surface area contributed by atoms with E-state index in [2.05, 4.69) is 16.9 Å². The number of nitro groups is 1. The standard InChI is InChI=1S/C12H17N3O3/c1-9(2)8-18-5-4-13-12-6-11(15(16)17)10(3)7-14-12/h6-7H,1,4-5,8H2,2-3H3,(H,13,14). The van der Waals surface area contributed by atoms with E-state index >= 15 is 0 Å². The van der Waals surface area contributed by atoms with Gasteiger partial charge in [0.25, 0.3) is 5.69 Å². The average Bonchev–Trinajstić information content (AvgIpc) is 2.30. The van der Waals surface area contributed by atoms with Gasteiger partial charge in [0.15, 0.2) is 0 Å². The summed E-state index contributed by atoms with van der Waals surface area (Å²) >= 11 is 0. The predicted octanol–water partition coefficient (Wildman–Crippen LogP) is 2.30. The summed E-state index contributed by atoms with van der Waals surface area (Å²) in [5.74, 6) is 0.478. The molecule has 0 unspecified atom stereocenters. The molecule has 1 aromatic rings. The van der Waals surface area contributed by atoms with E-state index in [0.29, 0.717) is 31.1 Å². The highest BCUT2D eigenvalue weighted by Gasteiger charge is 2.11. The van der Waals surface area contributed by atoms with Crippen molar-refractivity contribution < 1.29 is 9.66 Å². The lowest BCUT2D eigenvalue weighted by Gasteiger charge is -2.07. The van der Waals surface area contributed by atoms with Crippen molar-refractivity contribution >= 4 is 11.5 Å². The molecule has 18 heavy (non-hydrogen) atoms. The first-order valence-electron chi connectivity index (χ1n) is 5.57. The quantitative estimate of drug-likeness (QED) is 0.348. The topological polar surface area (TPSA) is 77.3 Å². The van der Waals surface area contributed by atoms with Crippen molar-refractivity contribution in [1.29, 1.82) is 0 Å². The molecular formula is C12H17N3O3. The van der Waals surface area contributed by atoms with Crippen LogP contribution in [0.15, 0.2) is 24.4 Å². The Bertz CT molecular complexity index is 446. The van der Waals surface area contributed by atoms with Crippen LogP contribution in [0.25, 0.3) is 0 Å². The molecule has 1 heterocycles. The van der Waals surface area contributed by atoms with Gasteiger partial charge in [-0.1, -0.05) is 12.2 Å². The fourth-order valence-corrected chi connectivity index (χ4v) is 1.30. The molecule has 0 amide bonds. The number of hydrogen-bond acceptors (Lipinski definition) is 5. The van der Waals surface area contributed by atoms with Gasteiger partial charge in [-0.3, -0.25) is 10.1 Å². The number of aryl methyl sites for hydroxylation is 1. The molecule has 0 aliphatic heterocycles. The summed E-state index contributed by atoms with van der Waals surface area (Å²) in [6, 6.07) is 1.42. The zero-order chi connectivity index (χ0) is 13.5. The molecule has 1 aromatic heterocycles. The number of aromatic nitrogens is 1. The fourth-order valence-electron chi connectivity index (χ4n) is 1.30. The van der Waals surface area contributed by atoms with Crippen molar-refractivity contribution in [3.63, 3.8) is 0 Å². The highest BCUT2D eigenvalue weighted by molar-refractivity contribution is 5.48. The number of anilines is 1. The molecule has 0 fully saturated rings. The minimum atomic E-state index is -0.417. The number of rotatable bonds is 7. The van der Waals surface area contributed by atoms with Crippen LogP contribution in [0.4, 0.5) is 11.5 Å². The second-order valence-corrected chi connectivity index (χ2v) is 4.05. The molecule has 0 atom stereocenters. The number of pyridine rings is 1. The second kappa shape index (κ2) is 6.70. The molecule has 98 valence electrons. The molecule has 1 rings (SSSR count). The first-order chi connectivity index (χ1) is 8.50. The van der Waals surface area contributed by atoms with Gasteiger partial charge in [0, 0.05) is 18.3 Å². The van der Waals surface area contributed by atoms with Crippen LogP contribution in [0.1, 0.15) is 12.5 Å². The van der Waals surface area contributed by atoms with Crippen LogP contribution in [0.2, 0.25) is 0 Å². The summed E-state index contributed by atoms with van der Waals surface area (Å²) in [6.45, 7) is 8.82. The van der Waals surface area contributed by atoms with Crippen LogP contribution in [-0.2, 0) is 4.74 Å². The van der Waals surface area contributed by atoms with Crippen LogP contribution in [-0.4, -0.2) is 29.7 Å². The summed E-state index contributed by atoms with van der Waals surface area (Å²) in [4.78, 5) is 14.4. The van der Waals surface area contributed by atoms with E-state index in [1.807, 2.05) is 6.92 Å². The van der Waals surface area contributed by atoms with Gasteiger partial charge >= 0.3 is 0 Å². The average molecular weight is 251 g/mol. The Kier molecular flexibility index (Phi) is 5.26. The Balaban J connectivity index is 2.45. The summed E-state index contributed by atoms with van der Waals surface area (Å²) in [5, 5.41) is 13.7. The Labute approximate surface area is 106 Å². The molecule has 6 heteroatoms. The highest BCUT2D eigenvalue weighted by atomic mass is 16.6. The highest BCUT2D eigenvalue weighted by Crippen LogP contribution is 2.19. The molecule has 0 saturated carbocycles. The van der Waals surface area contributed by atoms with Gasteiger partial charge < -0.3 is 10.1 Å². The van der Waals surface area contributed by atoms with Gasteiger partial charge in [0.2, 0.25) is 0 Å². The Morgan fingerprint density at radius 2 is 2.39 bits per heavy atom. The third kappa shape index (κ3) is 4.50. The maximum absolute atomic E-state index is 10.7. The van der Waals surface area contributed by atoms with Crippen molar-refractivity contribution in [2.45, 2.75) is 13.8 Å². The van der Waals surface area contributed by atoms with Crippen molar-refractivity contribution in [3.8, 4) is 0 Å². The first-order valence-corrected chi connectivity index (χ1v) is 5.57. The van der Waals surface area contributed by atoms with Gasteiger partial charge in [-0.25, -0.2) is 4.98 Å². The zero-order valence-corrected chi connectivity index (χ0v) is 10.6. The van der Waals surface area contributed by atoms with Crippen LogP contribution in [0.3, 0.4) is 0 Å². The molecular weight excluding hydrogens is 234 g/mol. The van der Waals surface area contributed by atoms with Crippen LogP contribution < -0.4 is 5.32 Å². The zero-order valence-electron chi connectivity index (χ0n) is 10.6. The monoisotopic (exact) mass is 251 g/mol. The summed E-state index contributed by atoms with van der Waals surface area (Å²) in [7, 11) is 0. The molecule has 0 radical (unpaired) electrons. The van der Waals surface area contributed by atoms with Gasteiger partial charge in [0.05, 0.1) is 24.2 Å². The van der Waals surface area contributed by atoms with E-state index in [9.17, 15) is 10.1 Å². The number of hydrogen-bond donors (Lipinski definition) is 1. The molecule has 0 aliphatic carbocycles. The molecule has 0 aromatic carbocycles. The second-order valence-electron chi connectivity index (χ2n) is 4.05. The number of nitrogens with one attached hydrogen (secondary N) is 1. The summed E-state index contributed by atoms with van der Waals surface area (Å²) in [6.07, 6.45) is 1.48. The SMILES string of the molecule is C=C(C)COCCNc1cc([N+](=O)[O-])c(C)cn1. The molecule has 6 nitrogen and oxygen atoms in total. The van der Waals surface area contributed by atoms with E-state index in [1.54, 1.807) is 6.92 Å². The van der Waals surface area contributed by atoms with Crippen molar-refractivity contribution in [1.82, 2.24) is 4.98 Å². The molecule has 0 aliphatic rings. The third-order valence-corrected chi connectivity index (χ3v) is 2.17. The number of ether oxygens (including phenoxy) is 1. The normalized spacial score (nSPS) is 10.1. The lowest BCUT2D eigenvalue weighted by molar-refractivity contribution is -0.385. The largest absolute Gasteiger partial charge is 0.375 e. The molecule has 0 bridgehead atoms. The van der Waals surface area contributed by atoms with Gasteiger partial charge in [-0.15, -0.1) is 0 Å². The van der Waals surface area contributed by atoms with Crippen LogP contribution in [0.5, 0.6) is 0 Å². The Morgan fingerprint density at radius 1 is 1.67 bits per heavy atom. The summed E-state index contributed by atoms with van der Waals surface area (Å²) < 4.78 is 5.29. The van der Waals surface area contributed by atoms with E-state index in [1.165, 1.54) is 12.3 Å². The Hall–Kier alpha value is -1.95. The minimum Gasteiger partial charge on any atom is -0.375 e. The molecule has 0 saturated heterocycles. The number of nitrogens with zero attached hydrogens (tertiary/aromatic N) is 2. The van der Waals surface area contributed by atoms with Crippen molar-refractivity contribution in [2.24, 2.45) is 0 Å². The third-order valence-electron chi connectivity index (χ3n) is 2.17. The van der Waals surface area contributed by atoms with E-state index in [4.69, 9.17) is 4.74 Å². The van der Waals surface area contributed by atoms with E-state index in [0.717, 1.165) is 5.57 Å². The lowest BCUT2D eigenvalue weighted by Crippen LogP contribution is -2.11. The maximum Gasteiger partial charge on any atom is 0.277 e. The minimum absolute atomic E-state index is 0.0651. The van der Waals surface area contributed by atoms with Gasteiger partial charge in [-0.05, 0) is 13.8 Å². The van der Waals surface area contributed by atoms with Crippen LogP contribution >= 0.6 is 0 Å². The maximum atomic E-state index is 10.7. The predicted molar refractivity (Wildman–Crippen MR) is 69.8 cm³/mol. The van der Waals surface area contributed by atoms with Gasteiger partial charge in [0.1, 0.15) is 5.82 Å². The lowest BCUT2D eigenvalue weighted by atomic mass is 10.2. The Morgan fingerprint density at radius 3 is 3.00 bits per heavy atom. The molecule has 0 spiro atoms. The van der Waals surface area contributed by atoms with E-state index < -0.39 is 4.92 Å². The van der Waals surface area contributed by atoms with Crippen molar-refractivity contribution in [2.75, 3.05) is 25.1 Å². The summed E-state index contributed by atoms with van der Waals surface area (Å²) in [5.41, 5.74) is 1.57. The molecule has 1 N–H and O–H groups in total. The van der Waals surface area contributed by atoms with Gasteiger partial charge in [-0.2, -0.15) is 0 Å². The first kappa shape index (κ1) is 14.1. The van der Waals surface area contributed by atoms with Crippen molar-refractivity contribution in [3.05, 3.63) is 40.1 Å². The van der Waals surface area contributed by atoms with E-state index in [-0.39, 0.29) is 5.69 Å². The van der Waals surface area contributed by atoms with Crippen LogP contribution in [0, 0.1) is 17.0 Å².